The molecule has 0 spiro atoms. The van der Waals surface area contributed by atoms with Crippen molar-refractivity contribution in [2.45, 2.75) is 26.3 Å². The highest BCUT2D eigenvalue weighted by molar-refractivity contribution is 5.72. The fraction of sp³-hybridized carbons (Fsp3) is 0.571. The van der Waals surface area contributed by atoms with E-state index in [0.717, 1.165) is 43.9 Å². The number of carbonyl (C=O) groups excluding carboxylic acids is 1. The molecule has 98 valence electrons. The van der Waals surface area contributed by atoms with E-state index in [0.29, 0.717) is 0 Å². The maximum atomic E-state index is 11.6. The van der Waals surface area contributed by atoms with Crippen molar-refractivity contribution in [1.82, 2.24) is 9.88 Å². The fourth-order valence-electron chi connectivity index (χ4n) is 2.47. The zero-order valence-corrected chi connectivity index (χ0v) is 11.1. The summed E-state index contributed by atoms with van der Waals surface area (Å²) in [4.78, 5) is 18.3. The number of ether oxygens (including phenoxy) is 1. The monoisotopic (exact) mass is 248 g/mol. The Kier molecular flexibility index (Phi) is 4.31. The molecule has 1 saturated heterocycles. The summed E-state index contributed by atoms with van der Waals surface area (Å²) in [5.41, 5.74) is 2.11. The Labute approximate surface area is 108 Å². The van der Waals surface area contributed by atoms with E-state index in [-0.39, 0.29) is 11.9 Å². The molecule has 1 fully saturated rings. The van der Waals surface area contributed by atoms with Crippen molar-refractivity contribution in [2.24, 2.45) is 5.92 Å². The number of pyridine rings is 1. The number of nitrogens with zero attached hydrogens (tertiary/aromatic N) is 2. The van der Waals surface area contributed by atoms with Gasteiger partial charge in [-0.15, -0.1) is 0 Å². The molecule has 1 atom stereocenters. The minimum absolute atomic E-state index is 0.0218. The molecule has 4 heteroatoms. The van der Waals surface area contributed by atoms with Crippen LogP contribution in [0.2, 0.25) is 0 Å². The van der Waals surface area contributed by atoms with E-state index in [4.69, 9.17) is 4.74 Å². The Bertz CT molecular complexity index is 420. The molecular formula is C14H20N2O2. The fourth-order valence-corrected chi connectivity index (χ4v) is 2.47. The van der Waals surface area contributed by atoms with Crippen LogP contribution in [0.25, 0.3) is 0 Å². The largest absolute Gasteiger partial charge is 0.469 e. The highest BCUT2D eigenvalue weighted by atomic mass is 16.5. The minimum atomic E-state index is -0.0862. The average molecular weight is 248 g/mol. The first-order chi connectivity index (χ1) is 8.69. The molecule has 0 aliphatic carbocycles. The van der Waals surface area contributed by atoms with Gasteiger partial charge < -0.3 is 4.74 Å². The van der Waals surface area contributed by atoms with Crippen LogP contribution < -0.4 is 0 Å². The van der Waals surface area contributed by atoms with Crippen molar-refractivity contribution in [3.05, 3.63) is 29.6 Å². The lowest BCUT2D eigenvalue weighted by molar-refractivity contribution is -0.147. The highest BCUT2D eigenvalue weighted by Crippen LogP contribution is 2.19. The summed E-state index contributed by atoms with van der Waals surface area (Å²) >= 11 is 0. The molecule has 0 radical (unpaired) electrons. The predicted molar refractivity (Wildman–Crippen MR) is 69.0 cm³/mol. The van der Waals surface area contributed by atoms with Crippen LogP contribution in [0.5, 0.6) is 0 Å². The topological polar surface area (TPSA) is 42.4 Å². The van der Waals surface area contributed by atoms with Gasteiger partial charge in [0, 0.05) is 18.8 Å². The lowest BCUT2D eigenvalue weighted by Crippen LogP contribution is -2.38. The number of esters is 1. The molecule has 4 nitrogen and oxygen atoms in total. The van der Waals surface area contributed by atoms with Crippen molar-refractivity contribution < 1.29 is 9.53 Å². The molecular weight excluding hydrogens is 228 g/mol. The number of carbonyl (C=O) groups is 1. The van der Waals surface area contributed by atoms with Gasteiger partial charge in [-0.25, -0.2) is 0 Å². The number of piperidine rings is 1. The number of hydrogen-bond acceptors (Lipinski definition) is 4. The lowest BCUT2D eigenvalue weighted by Gasteiger charge is -2.30. The normalized spacial score (nSPS) is 20.7. The second kappa shape index (κ2) is 5.96. The first kappa shape index (κ1) is 13.0. The SMILES string of the molecule is COC(=O)C1CCCN(Cc2cccc(C)n2)C1. The number of likely N-dealkylation sites (tertiary alicyclic amines) is 1. The van der Waals surface area contributed by atoms with Crippen LogP contribution >= 0.6 is 0 Å². The molecule has 2 heterocycles. The average Bonchev–Trinajstić information content (AvgIpc) is 2.38. The van der Waals surface area contributed by atoms with Crippen LogP contribution in [0.3, 0.4) is 0 Å². The van der Waals surface area contributed by atoms with E-state index in [1.807, 2.05) is 25.1 Å². The molecule has 0 aromatic carbocycles. The number of aromatic nitrogens is 1. The van der Waals surface area contributed by atoms with Crippen LogP contribution in [0.15, 0.2) is 18.2 Å². The first-order valence-electron chi connectivity index (χ1n) is 6.42. The van der Waals surface area contributed by atoms with Crippen molar-refractivity contribution >= 4 is 5.97 Å². The molecule has 0 amide bonds. The molecule has 2 rings (SSSR count). The second-order valence-electron chi connectivity index (χ2n) is 4.87. The first-order valence-corrected chi connectivity index (χ1v) is 6.42. The second-order valence-corrected chi connectivity index (χ2v) is 4.87. The molecule has 0 bridgehead atoms. The van der Waals surface area contributed by atoms with Crippen LogP contribution in [-0.2, 0) is 16.1 Å². The van der Waals surface area contributed by atoms with Gasteiger partial charge in [-0.05, 0) is 38.4 Å². The third-order valence-corrected chi connectivity index (χ3v) is 3.37. The third kappa shape index (κ3) is 3.29. The molecule has 1 aliphatic rings. The number of aryl methyl sites for hydroxylation is 1. The van der Waals surface area contributed by atoms with Gasteiger partial charge in [-0.1, -0.05) is 6.07 Å². The molecule has 0 N–H and O–H groups in total. The molecule has 1 aliphatic heterocycles. The summed E-state index contributed by atoms with van der Waals surface area (Å²) in [5.74, 6) is -0.0644. The van der Waals surface area contributed by atoms with Crippen LogP contribution in [-0.4, -0.2) is 36.1 Å². The number of hydrogen-bond donors (Lipinski definition) is 0. The Hall–Kier alpha value is -1.42. The maximum Gasteiger partial charge on any atom is 0.309 e. The van der Waals surface area contributed by atoms with Crippen LogP contribution in [0.1, 0.15) is 24.2 Å². The van der Waals surface area contributed by atoms with Gasteiger partial charge in [-0.2, -0.15) is 0 Å². The van der Waals surface area contributed by atoms with Gasteiger partial charge in [0.25, 0.3) is 0 Å². The Morgan fingerprint density at radius 3 is 3.11 bits per heavy atom. The summed E-state index contributed by atoms with van der Waals surface area (Å²) in [6.45, 7) is 4.62. The summed E-state index contributed by atoms with van der Waals surface area (Å²) in [6.07, 6.45) is 1.98. The zero-order valence-electron chi connectivity index (χ0n) is 11.1. The molecule has 1 aromatic rings. The Morgan fingerprint density at radius 2 is 2.39 bits per heavy atom. The van der Waals surface area contributed by atoms with Crippen molar-refractivity contribution in [3.8, 4) is 0 Å². The zero-order chi connectivity index (χ0) is 13.0. The Balaban J connectivity index is 1.95. The van der Waals surface area contributed by atoms with E-state index in [1.54, 1.807) is 0 Å². The highest BCUT2D eigenvalue weighted by Gasteiger charge is 2.26. The lowest BCUT2D eigenvalue weighted by atomic mass is 9.98. The summed E-state index contributed by atoms with van der Waals surface area (Å²) in [5, 5.41) is 0. The van der Waals surface area contributed by atoms with E-state index < -0.39 is 0 Å². The standard InChI is InChI=1S/C14H20N2O2/c1-11-5-3-7-13(15-11)10-16-8-4-6-12(9-16)14(17)18-2/h3,5,7,12H,4,6,8-10H2,1-2H3. The molecule has 1 aromatic heterocycles. The summed E-state index contributed by atoms with van der Waals surface area (Å²) < 4.78 is 4.83. The molecule has 1 unspecified atom stereocenters. The van der Waals surface area contributed by atoms with Crippen molar-refractivity contribution in [1.29, 1.82) is 0 Å². The summed E-state index contributed by atoms with van der Waals surface area (Å²) in [7, 11) is 1.46. The van der Waals surface area contributed by atoms with E-state index >= 15 is 0 Å². The number of methoxy groups -OCH3 is 1. The van der Waals surface area contributed by atoms with Gasteiger partial charge in [-0.3, -0.25) is 14.7 Å². The van der Waals surface area contributed by atoms with Gasteiger partial charge in [0.1, 0.15) is 0 Å². The van der Waals surface area contributed by atoms with Gasteiger partial charge in [0.05, 0.1) is 18.7 Å². The predicted octanol–water partition coefficient (Wildman–Crippen LogP) is 1.78. The van der Waals surface area contributed by atoms with Crippen LogP contribution in [0, 0.1) is 12.8 Å². The van der Waals surface area contributed by atoms with E-state index in [2.05, 4.69) is 9.88 Å². The third-order valence-electron chi connectivity index (χ3n) is 3.37. The quantitative estimate of drug-likeness (QED) is 0.765. The van der Waals surface area contributed by atoms with E-state index in [9.17, 15) is 4.79 Å². The van der Waals surface area contributed by atoms with Crippen LogP contribution in [0.4, 0.5) is 0 Å². The maximum absolute atomic E-state index is 11.6. The molecule has 18 heavy (non-hydrogen) atoms. The van der Waals surface area contributed by atoms with Crippen molar-refractivity contribution in [3.63, 3.8) is 0 Å². The minimum Gasteiger partial charge on any atom is -0.469 e. The number of rotatable bonds is 3. The van der Waals surface area contributed by atoms with Gasteiger partial charge in [0.15, 0.2) is 0 Å². The van der Waals surface area contributed by atoms with E-state index in [1.165, 1.54) is 7.11 Å². The van der Waals surface area contributed by atoms with Gasteiger partial charge in [0.2, 0.25) is 0 Å². The smallest absolute Gasteiger partial charge is 0.309 e. The van der Waals surface area contributed by atoms with Crippen molar-refractivity contribution in [2.75, 3.05) is 20.2 Å². The molecule has 0 saturated carbocycles. The summed E-state index contributed by atoms with van der Waals surface area (Å²) in [6, 6.07) is 6.06. The Morgan fingerprint density at radius 1 is 1.56 bits per heavy atom. The van der Waals surface area contributed by atoms with Gasteiger partial charge >= 0.3 is 5.97 Å².